The molecule has 0 saturated heterocycles. The lowest BCUT2D eigenvalue weighted by Crippen LogP contribution is -2.47. The molecule has 0 aliphatic heterocycles. The van der Waals surface area contributed by atoms with E-state index >= 15 is 0 Å². The second-order valence-corrected chi connectivity index (χ2v) is 4.94. The molecule has 0 fully saturated rings. The van der Waals surface area contributed by atoms with Crippen LogP contribution in [-0.4, -0.2) is 17.3 Å². The Morgan fingerprint density at radius 3 is 2.00 bits per heavy atom. The average Bonchev–Trinajstić information content (AvgIpc) is 2.39. The van der Waals surface area contributed by atoms with Gasteiger partial charge in [0.15, 0.2) is 0 Å². The molecule has 0 radical (unpaired) electrons. The molecule has 1 aromatic rings. The van der Waals surface area contributed by atoms with Gasteiger partial charge in [-0.3, -0.25) is 4.79 Å². The summed E-state index contributed by atoms with van der Waals surface area (Å²) in [5, 5.41) is 9.44. The number of carbonyl (C=O) groups is 1. The van der Waals surface area contributed by atoms with Gasteiger partial charge in [-0.2, -0.15) is 13.2 Å². The van der Waals surface area contributed by atoms with Crippen molar-refractivity contribution in [2.75, 3.05) is 0 Å². The number of hydrogen-bond donors (Lipinski definition) is 1. The van der Waals surface area contributed by atoms with Gasteiger partial charge in [0.05, 0.1) is 5.92 Å². The molecule has 2 atom stereocenters. The molecule has 0 amide bonds. The molecule has 0 bridgehead atoms. The molecule has 5 heteroatoms. The fraction of sp³-hybridized carbons (Fsp3) is 0.533. The molecule has 0 aliphatic rings. The van der Waals surface area contributed by atoms with Gasteiger partial charge < -0.3 is 5.11 Å². The first-order valence-electron chi connectivity index (χ1n) is 6.59. The van der Waals surface area contributed by atoms with Crippen molar-refractivity contribution in [3.05, 3.63) is 35.4 Å². The molecular formula is C15H19F3O2. The van der Waals surface area contributed by atoms with E-state index in [0.717, 1.165) is 18.9 Å². The molecule has 0 aliphatic carbocycles. The highest BCUT2D eigenvalue weighted by Gasteiger charge is 2.55. The molecule has 20 heavy (non-hydrogen) atoms. The first kappa shape index (κ1) is 16.5. The summed E-state index contributed by atoms with van der Waals surface area (Å²) >= 11 is 0. The topological polar surface area (TPSA) is 37.3 Å². The predicted octanol–water partition coefficient (Wildman–Crippen LogP) is 4.18. The van der Waals surface area contributed by atoms with Crippen LogP contribution in [-0.2, 0) is 16.6 Å². The van der Waals surface area contributed by atoms with Crippen molar-refractivity contribution in [1.29, 1.82) is 0 Å². The van der Waals surface area contributed by atoms with Gasteiger partial charge in [0.2, 0.25) is 0 Å². The van der Waals surface area contributed by atoms with Gasteiger partial charge in [-0.1, -0.05) is 45.0 Å². The highest BCUT2D eigenvalue weighted by atomic mass is 19.4. The molecule has 0 aromatic heterocycles. The summed E-state index contributed by atoms with van der Waals surface area (Å²) in [6.07, 6.45) is -3.92. The first-order valence-corrected chi connectivity index (χ1v) is 6.59. The molecule has 0 saturated carbocycles. The van der Waals surface area contributed by atoms with E-state index < -0.39 is 23.5 Å². The highest BCUT2D eigenvalue weighted by Crippen LogP contribution is 2.44. The van der Waals surface area contributed by atoms with Crippen LogP contribution in [0.4, 0.5) is 13.2 Å². The third-order valence-electron chi connectivity index (χ3n) is 4.05. The molecule has 2 unspecified atom stereocenters. The number of carboxylic acid groups (broad SMARTS) is 1. The first-order chi connectivity index (χ1) is 9.20. The Bertz CT molecular complexity index is 465. The van der Waals surface area contributed by atoms with Gasteiger partial charge in [-0.05, 0) is 24.0 Å². The molecule has 1 N–H and O–H groups in total. The van der Waals surface area contributed by atoms with Gasteiger partial charge >= 0.3 is 12.1 Å². The quantitative estimate of drug-likeness (QED) is 0.882. The van der Waals surface area contributed by atoms with E-state index in [1.165, 1.54) is 19.1 Å². The number of benzene rings is 1. The summed E-state index contributed by atoms with van der Waals surface area (Å²) < 4.78 is 39.2. The molecule has 1 rings (SSSR count). The average molecular weight is 288 g/mol. The third-order valence-corrected chi connectivity index (χ3v) is 4.05. The van der Waals surface area contributed by atoms with Crippen LogP contribution in [0.5, 0.6) is 0 Å². The summed E-state index contributed by atoms with van der Waals surface area (Å²) in [6.45, 7) is 4.34. The summed E-state index contributed by atoms with van der Waals surface area (Å²) in [7, 11) is 0. The minimum absolute atomic E-state index is 0.117. The van der Waals surface area contributed by atoms with Crippen LogP contribution in [0.3, 0.4) is 0 Å². The standard InChI is InChI=1S/C15H19F3O2/c1-4-11-6-8-12(9-7-11)14(5-2,13(19)20)10(3)15(16,17)18/h6-10H,4-5H2,1-3H3,(H,19,20). The number of halogens is 3. The maximum absolute atomic E-state index is 13.1. The third kappa shape index (κ3) is 2.81. The van der Waals surface area contributed by atoms with E-state index in [1.54, 1.807) is 12.1 Å². The normalized spacial score (nSPS) is 16.5. The summed E-state index contributed by atoms with van der Waals surface area (Å²) in [5.74, 6) is -3.39. The predicted molar refractivity (Wildman–Crippen MR) is 70.6 cm³/mol. The maximum Gasteiger partial charge on any atom is 0.392 e. The number of rotatable bonds is 5. The second kappa shape index (κ2) is 5.85. The fourth-order valence-electron chi connectivity index (χ4n) is 2.54. The monoisotopic (exact) mass is 288 g/mol. The lowest BCUT2D eigenvalue weighted by Gasteiger charge is -2.36. The Morgan fingerprint density at radius 2 is 1.70 bits per heavy atom. The number of aryl methyl sites for hydroxylation is 1. The molecule has 0 spiro atoms. The van der Waals surface area contributed by atoms with Crippen LogP contribution in [0.15, 0.2) is 24.3 Å². The van der Waals surface area contributed by atoms with Crippen LogP contribution in [0.1, 0.15) is 38.3 Å². The van der Waals surface area contributed by atoms with Gasteiger partial charge in [0, 0.05) is 0 Å². The van der Waals surface area contributed by atoms with E-state index in [-0.39, 0.29) is 12.0 Å². The maximum atomic E-state index is 13.1. The number of alkyl halides is 3. The van der Waals surface area contributed by atoms with Gasteiger partial charge in [0.1, 0.15) is 5.41 Å². The number of hydrogen-bond acceptors (Lipinski definition) is 1. The number of carboxylic acids is 1. The fourth-order valence-corrected chi connectivity index (χ4v) is 2.54. The zero-order valence-corrected chi connectivity index (χ0v) is 11.8. The van der Waals surface area contributed by atoms with Crippen molar-refractivity contribution in [2.24, 2.45) is 5.92 Å². The van der Waals surface area contributed by atoms with Crippen molar-refractivity contribution in [3.63, 3.8) is 0 Å². The van der Waals surface area contributed by atoms with Crippen molar-refractivity contribution in [3.8, 4) is 0 Å². The minimum Gasteiger partial charge on any atom is -0.481 e. The zero-order chi connectivity index (χ0) is 15.6. The molecule has 112 valence electrons. The van der Waals surface area contributed by atoms with Crippen LogP contribution in [0.2, 0.25) is 0 Å². The van der Waals surface area contributed by atoms with Crippen LogP contribution in [0, 0.1) is 5.92 Å². The van der Waals surface area contributed by atoms with Crippen molar-refractivity contribution < 1.29 is 23.1 Å². The summed E-state index contributed by atoms with van der Waals surface area (Å²) in [4.78, 5) is 11.6. The van der Waals surface area contributed by atoms with E-state index in [9.17, 15) is 23.1 Å². The SMILES string of the molecule is CCc1ccc(C(CC)(C(=O)O)C(C)C(F)(F)F)cc1. The number of aliphatic carboxylic acids is 1. The lowest BCUT2D eigenvalue weighted by molar-refractivity contribution is -0.198. The van der Waals surface area contributed by atoms with Crippen molar-refractivity contribution in [2.45, 2.75) is 45.2 Å². The lowest BCUT2D eigenvalue weighted by atomic mass is 9.68. The molecule has 0 heterocycles. The van der Waals surface area contributed by atoms with Gasteiger partial charge in [-0.25, -0.2) is 0 Å². The van der Waals surface area contributed by atoms with E-state index in [1.807, 2.05) is 6.92 Å². The van der Waals surface area contributed by atoms with Crippen LogP contribution in [0.25, 0.3) is 0 Å². The largest absolute Gasteiger partial charge is 0.481 e. The van der Waals surface area contributed by atoms with Crippen LogP contribution >= 0.6 is 0 Å². The van der Waals surface area contributed by atoms with E-state index in [4.69, 9.17) is 0 Å². The van der Waals surface area contributed by atoms with Gasteiger partial charge in [0.25, 0.3) is 0 Å². The van der Waals surface area contributed by atoms with Crippen LogP contribution < -0.4 is 0 Å². The molecule has 2 nitrogen and oxygen atoms in total. The summed E-state index contributed by atoms with van der Waals surface area (Å²) in [6, 6.07) is 6.37. The molecular weight excluding hydrogens is 269 g/mol. The Kier molecular flexibility index (Phi) is 4.84. The van der Waals surface area contributed by atoms with Crippen molar-refractivity contribution >= 4 is 5.97 Å². The Hall–Kier alpha value is -1.52. The second-order valence-electron chi connectivity index (χ2n) is 4.94. The minimum atomic E-state index is -4.56. The zero-order valence-electron chi connectivity index (χ0n) is 11.8. The van der Waals surface area contributed by atoms with Gasteiger partial charge in [-0.15, -0.1) is 0 Å². The Labute approximate surface area is 116 Å². The Morgan fingerprint density at radius 1 is 1.20 bits per heavy atom. The van der Waals surface area contributed by atoms with E-state index in [0.29, 0.717) is 0 Å². The van der Waals surface area contributed by atoms with Crippen molar-refractivity contribution in [1.82, 2.24) is 0 Å². The molecule has 1 aromatic carbocycles. The summed E-state index contributed by atoms with van der Waals surface area (Å²) in [5.41, 5.74) is -0.775. The van der Waals surface area contributed by atoms with E-state index in [2.05, 4.69) is 0 Å². The smallest absolute Gasteiger partial charge is 0.392 e. The Balaban J connectivity index is 3.40. The highest BCUT2D eigenvalue weighted by molar-refractivity contribution is 5.82.